The molecule has 3 heterocycles. The van der Waals surface area contributed by atoms with E-state index in [1.54, 1.807) is 0 Å². The second-order valence-electron chi connectivity index (χ2n) is 4.79. The molecule has 0 aromatic rings. The van der Waals surface area contributed by atoms with Gasteiger partial charge in [0, 0.05) is 11.8 Å². The van der Waals surface area contributed by atoms with E-state index >= 15 is 0 Å². The van der Waals surface area contributed by atoms with Gasteiger partial charge in [0.2, 0.25) is 0 Å². The number of rotatable bonds is 0. The molecule has 3 aliphatic heterocycles. The van der Waals surface area contributed by atoms with Crippen molar-refractivity contribution in [2.45, 2.75) is 31.2 Å². The zero-order chi connectivity index (χ0) is 7.45. The molecule has 3 nitrogen and oxygen atoms in total. The van der Waals surface area contributed by atoms with Crippen molar-refractivity contribution in [3.8, 4) is 0 Å². The number of ether oxygens (including phenoxy) is 3. The molecule has 2 bridgehead atoms. The van der Waals surface area contributed by atoms with Gasteiger partial charge < -0.3 is 14.2 Å². The summed E-state index contributed by atoms with van der Waals surface area (Å²) in [4.78, 5) is 0. The predicted molar refractivity (Wildman–Crippen MR) is 37.0 cm³/mol. The van der Waals surface area contributed by atoms with Crippen LogP contribution in [0.4, 0.5) is 0 Å². The third kappa shape index (κ3) is 0.340. The van der Waals surface area contributed by atoms with Crippen molar-refractivity contribution < 1.29 is 14.2 Å². The van der Waals surface area contributed by atoms with Crippen LogP contribution in [0.5, 0.6) is 0 Å². The predicted octanol–water partition coefficient (Wildman–Crippen LogP) is 0.348. The first-order valence-corrected chi connectivity index (χ1v) is 4.90. The summed E-state index contributed by atoms with van der Waals surface area (Å²) in [7, 11) is 0. The third-order valence-electron chi connectivity index (χ3n) is 4.62. The first kappa shape index (κ1) is 5.58. The standard InChI is InChI=1S/C9H10O3/c1-2-4-5-3(1)7-6(2)10-8(4)12-9(5)11-7/h2-9H,1H2. The Hall–Kier alpha value is -0.120. The molecule has 0 N–H and O–H groups in total. The van der Waals surface area contributed by atoms with Gasteiger partial charge in [-0.2, -0.15) is 0 Å². The second-order valence-corrected chi connectivity index (χ2v) is 4.79. The zero-order valence-electron chi connectivity index (χ0n) is 6.55. The lowest BCUT2D eigenvalue weighted by atomic mass is 9.82. The molecule has 8 atom stereocenters. The van der Waals surface area contributed by atoms with Gasteiger partial charge in [-0.15, -0.1) is 0 Å². The van der Waals surface area contributed by atoms with Crippen molar-refractivity contribution in [3.05, 3.63) is 0 Å². The van der Waals surface area contributed by atoms with Gasteiger partial charge in [0.15, 0.2) is 12.6 Å². The Morgan fingerprint density at radius 1 is 0.750 bits per heavy atom. The SMILES string of the molecule is C1C2C3OC4OC5OC3C1C5C42. The first-order chi connectivity index (χ1) is 5.93. The van der Waals surface area contributed by atoms with Gasteiger partial charge in [0.1, 0.15) is 0 Å². The maximum absolute atomic E-state index is 5.84. The summed E-state index contributed by atoms with van der Waals surface area (Å²) >= 11 is 0. The van der Waals surface area contributed by atoms with Crippen LogP contribution in [0.3, 0.4) is 0 Å². The average molecular weight is 166 g/mol. The molecule has 12 heavy (non-hydrogen) atoms. The molecule has 5 aliphatic rings. The molecule has 2 saturated carbocycles. The summed E-state index contributed by atoms with van der Waals surface area (Å²) in [5.41, 5.74) is 0. The van der Waals surface area contributed by atoms with E-state index in [2.05, 4.69) is 0 Å². The summed E-state index contributed by atoms with van der Waals surface area (Å²) in [6.07, 6.45) is 2.35. The van der Waals surface area contributed by atoms with E-state index in [0.29, 0.717) is 24.0 Å². The Morgan fingerprint density at radius 2 is 1.33 bits per heavy atom. The molecule has 5 rings (SSSR count). The zero-order valence-corrected chi connectivity index (χ0v) is 6.55. The second kappa shape index (κ2) is 1.37. The molecule has 3 heteroatoms. The number of fused-ring (bicyclic) bond motifs is 1. The highest BCUT2D eigenvalue weighted by molar-refractivity contribution is 5.17. The number of hydrogen-bond acceptors (Lipinski definition) is 3. The van der Waals surface area contributed by atoms with Crippen LogP contribution in [0.2, 0.25) is 0 Å². The highest BCUT2D eigenvalue weighted by atomic mass is 16.8. The van der Waals surface area contributed by atoms with E-state index < -0.39 is 0 Å². The summed E-state index contributed by atoms with van der Waals surface area (Å²) < 4.78 is 17.4. The molecule has 3 saturated heterocycles. The maximum Gasteiger partial charge on any atom is 0.164 e. The van der Waals surface area contributed by atoms with Crippen molar-refractivity contribution in [2.24, 2.45) is 23.7 Å². The van der Waals surface area contributed by atoms with Gasteiger partial charge >= 0.3 is 0 Å². The van der Waals surface area contributed by atoms with Gasteiger partial charge in [0.25, 0.3) is 0 Å². The number of hydrogen-bond donors (Lipinski definition) is 0. The fourth-order valence-electron chi connectivity index (χ4n) is 4.39. The smallest absolute Gasteiger partial charge is 0.164 e. The molecule has 0 radical (unpaired) electrons. The van der Waals surface area contributed by atoms with Crippen molar-refractivity contribution in [3.63, 3.8) is 0 Å². The summed E-state index contributed by atoms with van der Waals surface area (Å²) in [5, 5.41) is 0. The van der Waals surface area contributed by atoms with Crippen LogP contribution >= 0.6 is 0 Å². The maximum atomic E-state index is 5.84. The van der Waals surface area contributed by atoms with Gasteiger partial charge in [0.05, 0.1) is 12.2 Å². The van der Waals surface area contributed by atoms with Gasteiger partial charge in [-0.05, 0) is 18.3 Å². The van der Waals surface area contributed by atoms with E-state index in [-0.39, 0.29) is 12.6 Å². The van der Waals surface area contributed by atoms with Crippen LogP contribution in [0.15, 0.2) is 0 Å². The summed E-state index contributed by atoms with van der Waals surface area (Å²) in [6.45, 7) is 0. The molecule has 5 fully saturated rings. The van der Waals surface area contributed by atoms with Crippen LogP contribution < -0.4 is 0 Å². The Balaban J connectivity index is 1.87. The van der Waals surface area contributed by atoms with Gasteiger partial charge in [-0.1, -0.05) is 0 Å². The molecule has 0 amide bonds. The fourth-order valence-corrected chi connectivity index (χ4v) is 4.39. The van der Waals surface area contributed by atoms with E-state index in [1.165, 1.54) is 6.42 Å². The monoisotopic (exact) mass is 166 g/mol. The summed E-state index contributed by atoms with van der Waals surface area (Å²) in [6, 6.07) is 0. The Kier molecular flexibility index (Phi) is 0.635. The quantitative estimate of drug-likeness (QED) is 0.519. The molecule has 0 aromatic carbocycles. The van der Waals surface area contributed by atoms with Crippen molar-refractivity contribution in [1.82, 2.24) is 0 Å². The van der Waals surface area contributed by atoms with Crippen LogP contribution in [0, 0.1) is 23.7 Å². The van der Waals surface area contributed by atoms with E-state index in [1.807, 2.05) is 0 Å². The minimum Gasteiger partial charge on any atom is -0.346 e. The van der Waals surface area contributed by atoms with Gasteiger partial charge in [-0.25, -0.2) is 0 Å². The van der Waals surface area contributed by atoms with Crippen LogP contribution in [0.25, 0.3) is 0 Å². The van der Waals surface area contributed by atoms with Crippen molar-refractivity contribution in [2.75, 3.05) is 0 Å². The Morgan fingerprint density at radius 3 is 1.92 bits per heavy atom. The molecule has 2 aliphatic carbocycles. The minimum atomic E-state index is 0.104. The van der Waals surface area contributed by atoms with E-state index in [0.717, 1.165) is 11.8 Å². The normalized spacial score (nSPS) is 80.0. The first-order valence-electron chi connectivity index (χ1n) is 4.90. The molecule has 64 valence electrons. The lowest BCUT2D eigenvalue weighted by Crippen LogP contribution is -2.30. The van der Waals surface area contributed by atoms with Crippen molar-refractivity contribution in [1.29, 1.82) is 0 Å². The molecule has 0 spiro atoms. The Bertz CT molecular complexity index is 249. The molecular weight excluding hydrogens is 156 g/mol. The van der Waals surface area contributed by atoms with Crippen LogP contribution in [-0.4, -0.2) is 24.8 Å². The van der Waals surface area contributed by atoms with E-state index in [9.17, 15) is 0 Å². The van der Waals surface area contributed by atoms with Gasteiger partial charge in [-0.3, -0.25) is 0 Å². The molecule has 8 unspecified atom stereocenters. The molecular formula is C9H10O3. The fraction of sp³-hybridized carbons (Fsp3) is 1.00. The van der Waals surface area contributed by atoms with E-state index in [4.69, 9.17) is 14.2 Å². The van der Waals surface area contributed by atoms with Crippen molar-refractivity contribution >= 4 is 0 Å². The average Bonchev–Trinajstić information content (AvgIpc) is 2.57. The lowest BCUT2D eigenvalue weighted by Gasteiger charge is -2.19. The van der Waals surface area contributed by atoms with Crippen LogP contribution in [-0.2, 0) is 14.2 Å². The minimum absolute atomic E-state index is 0.104. The molecule has 0 aromatic heterocycles. The topological polar surface area (TPSA) is 27.7 Å². The highest BCUT2D eigenvalue weighted by Crippen LogP contribution is 2.68. The Labute approximate surface area is 70.0 Å². The highest BCUT2D eigenvalue weighted by Gasteiger charge is 2.76. The summed E-state index contributed by atoms with van der Waals surface area (Å²) in [5.74, 6) is 2.96. The van der Waals surface area contributed by atoms with Crippen LogP contribution in [0.1, 0.15) is 6.42 Å². The largest absolute Gasteiger partial charge is 0.346 e. The lowest BCUT2D eigenvalue weighted by molar-refractivity contribution is -0.161. The third-order valence-corrected chi connectivity index (χ3v) is 4.62.